The molecule has 188 valence electrons. The lowest BCUT2D eigenvalue weighted by atomic mass is 9.92. The quantitative estimate of drug-likeness (QED) is 0.464. The molecule has 1 aliphatic rings. The highest BCUT2D eigenvalue weighted by atomic mass is 16.5. The van der Waals surface area contributed by atoms with Gasteiger partial charge in [0, 0.05) is 32.1 Å². The smallest absolute Gasteiger partial charge is 0.302 e. The summed E-state index contributed by atoms with van der Waals surface area (Å²) >= 11 is 0. The summed E-state index contributed by atoms with van der Waals surface area (Å²) in [4.78, 5) is 33.5. The van der Waals surface area contributed by atoms with Crippen molar-refractivity contribution in [3.63, 3.8) is 0 Å². The molecule has 2 heterocycles. The number of carbonyl (C=O) groups excluding carboxylic acids is 2. The van der Waals surface area contributed by atoms with Gasteiger partial charge < -0.3 is 20.5 Å². The Morgan fingerprint density at radius 2 is 1.58 bits per heavy atom. The SMILES string of the molecule is CC(=O)OCc1ccc(Cc2ccc(N3CCC(Cc4nc(C)c(O)c(C(N)=O)n4)CC3)cc2)cc1. The predicted molar refractivity (Wildman–Crippen MR) is 137 cm³/mol. The van der Waals surface area contributed by atoms with Gasteiger partial charge in [-0.05, 0) is 60.9 Å². The van der Waals surface area contributed by atoms with E-state index in [4.69, 9.17) is 10.5 Å². The number of piperidine rings is 1. The molecular formula is C28H32N4O4. The number of ether oxygens (including phenoxy) is 1. The molecule has 8 heteroatoms. The highest BCUT2D eigenvalue weighted by Gasteiger charge is 2.22. The van der Waals surface area contributed by atoms with E-state index in [1.54, 1.807) is 6.92 Å². The van der Waals surface area contributed by atoms with Crippen LogP contribution in [0.4, 0.5) is 5.69 Å². The molecule has 0 spiro atoms. The van der Waals surface area contributed by atoms with Crippen LogP contribution in [0.3, 0.4) is 0 Å². The summed E-state index contributed by atoms with van der Waals surface area (Å²) in [6.07, 6.45) is 3.50. The van der Waals surface area contributed by atoms with E-state index in [9.17, 15) is 14.7 Å². The van der Waals surface area contributed by atoms with Gasteiger partial charge in [-0.2, -0.15) is 0 Å². The van der Waals surface area contributed by atoms with Crippen LogP contribution in [-0.2, 0) is 29.0 Å². The lowest BCUT2D eigenvalue weighted by Crippen LogP contribution is -2.34. The summed E-state index contributed by atoms with van der Waals surface area (Å²) in [5.41, 5.74) is 10.3. The van der Waals surface area contributed by atoms with Gasteiger partial charge in [0.25, 0.3) is 5.91 Å². The molecule has 4 rings (SSSR count). The minimum atomic E-state index is -0.742. The Morgan fingerprint density at radius 3 is 2.17 bits per heavy atom. The largest absolute Gasteiger partial charge is 0.504 e. The summed E-state index contributed by atoms with van der Waals surface area (Å²) in [5, 5.41) is 9.96. The van der Waals surface area contributed by atoms with E-state index in [0.29, 0.717) is 30.5 Å². The number of aryl methyl sites for hydroxylation is 1. The number of hydrogen-bond donors (Lipinski definition) is 2. The zero-order valence-corrected chi connectivity index (χ0v) is 20.7. The number of esters is 1. The lowest BCUT2D eigenvalue weighted by Gasteiger charge is -2.33. The number of rotatable bonds is 8. The molecule has 1 fully saturated rings. The van der Waals surface area contributed by atoms with Crippen LogP contribution < -0.4 is 10.6 Å². The van der Waals surface area contributed by atoms with Gasteiger partial charge >= 0.3 is 5.97 Å². The van der Waals surface area contributed by atoms with E-state index in [1.807, 2.05) is 12.1 Å². The van der Waals surface area contributed by atoms with Crippen LogP contribution >= 0.6 is 0 Å². The number of nitrogens with zero attached hydrogens (tertiary/aromatic N) is 3. The van der Waals surface area contributed by atoms with Crippen LogP contribution in [0.25, 0.3) is 0 Å². The van der Waals surface area contributed by atoms with Gasteiger partial charge in [0.05, 0.1) is 5.69 Å². The third-order valence-electron chi connectivity index (χ3n) is 6.60. The second kappa shape index (κ2) is 11.2. The van der Waals surface area contributed by atoms with Gasteiger partial charge in [0.2, 0.25) is 0 Å². The van der Waals surface area contributed by atoms with Crippen LogP contribution in [0, 0.1) is 12.8 Å². The van der Waals surface area contributed by atoms with Gasteiger partial charge in [-0.25, -0.2) is 9.97 Å². The highest BCUT2D eigenvalue weighted by molar-refractivity contribution is 5.93. The average Bonchev–Trinajstić information content (AvgIpc) is 2.86. The molecule has 2 aromatic carbocycles. The van der Waals surface area contributed by atoms with Crippen molar-refractivity contribution in [3.05, 3.63) is 82.4 Å². The molecule has 1 amide bonds. The fourth-order valence-corrected chi connectivity index (χ4v) is 4.54. The molecule has 1 aliphatic heterocycles. The molecule has 0 atom stereocenters. The number of primary amides is 1. The second-order valence-corrected chi connectivity index (χ2v) is 9.36. The van der Waals surface area contributed by atoms with Crippen LogP contribution in [0.1, 0.15) is 58.5 Å². The van der Waals surface area contributed by atoms with Gasteiger partial charge in [-0.3, -0.25) is 9.59 Å². The first kappa shape index (κ1) is 25.2. The van der Waals surface area contributed by atoms with Gasteiger partial charge in [0.1, 0.15) is 12.4 Å². The first-order chi connectivity index (χ1) is 17.3. The molecule has 8 nitrogen and oxygen atoms in total. The van der Waals surface area contributed by atoms with Crippen molar-refractivity contribution >= 4 is 17.6 Å². The summed E-state index contributed by atoms with van der Waals surface area (Å²) < 4.78 is 5.04. The molecule has 0 radical (unpaired) electrons. The molecule has 0 unspecified atom stereocenters. The molecule has 1 saturated heterocycles. The van der Waals surface area contributed by atoms with Crippen molar-refractivity contribution in [3.8, 4) is 5.75 Å². The third kappa shape index (κ3) is 6.38. The van der Waals surface area contributed by atoms with Gasteiger partial charge in [0.15, 0.2) is 11.4 Å². The maximum atomic E-state index is 11.6. The molecular weight excluding hydrogens is 456 g/mol. The van der Waals surface area contributed by atoms with E-state index in [0.717, 1.165) is 37.9 Å². The Kier molecular flexibility index (Phi) is 7.83. The number of anilines is 1. The summed E-state index contributed by atoms with van der Waals surface area (Å²) in [7, 11) is 0. The van der Waals surface area contributed by atoms with Crippen LogP contribution in [-0.4, -0.2) is 40.0 Å². The Hall–Kier alpha value is -3.94. The van der Waals surface area contributed by atoms with Gasteiger partial charge in [-0.1, -0.05) is 36.4 Å². The minimum absolute atomic E-state index is 0.104. The first-order valence-electron chi connectivity index (χ1n) is 12.2. The highest BCUT2D eigenvalue weighted by Crippen LogP contribution is 2.27. The van der Waals surface area contributed by atoms with Crippen molar-refractivity contribution in [2.45, 2.75) is 46.1 Å². The number of amides is 1. The summed E-state index contributed by atoms with van der Waals surface area (Å²) in [5.74, 6) is -0.284. The minimum Gasteiger partial charge on any atom is -0.504 e. The summed E-state index contributed by atoms with van der Waals surface area (Å²) in [6, 6.07) is 16.8. The number of benzene rings is 2. The number of aromatic nitrogens is 2. The van der Waals surface area contributed by atoms with E-state index in [-0.39, 0.29) is 17.4 Å². The number of aromatic hydroxyl groups is 1. The van der Waals surface area contributed by atoms with E-state index >= 15 is 0 Å². The van der Waals surface area contributed by atoms with Gasteiger partial charge in [-0.15, -0.1) is 0 Å². The fraction of sp³-hybridized carbons (Fsp3) is 0.357. The normalized spacial score (nSPS) is 14.0. The maximum Gasteiger partial charge on any atom is 0.302 e. The van der Waals surface area contributed by atoms with E-state index < -0.39 is 5.91 Å². The summed E-state index contributed by atoms with van der Waals surface area (Å²) in [6.45, 7) is 5.24. The average molecular weight is 489 g/mol. The third-order valence-corrected chi connectivity index (χ3v) is 6.60. The fourth-order valence-electron chi connectivity index (χ4n) is 4.54. The topological polar surface area (TPSA) is 119 Å². The van der Waals surface area contributed by atoms with Crippen molar-refractivity contribution < 1.29 is 19.4 Å². The maximum absolute atomic E-state index is 11.6. The monoisotopic (exact) mass is 488 g/mol. The van der Waals surface area contributed by atoms with Crippen molar-refractivity contribution in [1.82, 2.24) is 9.97 Å². The molecule has 36 heavy (non-hydrogen) atoms. The second-order valence-electron chi connectivity index (χ2n) is 9.36. The Bertz CT molecular complexity index is 1220. The van der Waals surface area contributed by atoms with Crippen LogP contribution in [0.2, 0.25) is 0 Å². The first-order valence-corrected chi connectivity index (χ1v) is 12.2. The molecule has 0 saturated carbocycles. The molecule has 0 bridgehead atoms. The van der Waals surface area contributed by atoms with Crippen molar-refractivity contribution in [2.24, 2.45) is 11.7 Å². The Morgan fingerprint density at radius 1 is 1.00 bits per heavy atom. The number of hydrogen-bond acceptors (Lipinski definition) is 7. The van der Waals surface area contributed by atoms with E-state index in [2.05, 4.69) is 51.3 Å². The predicted octanol–water partition coefficient (Wildman–Crippen LogP) is 3.70. The Labute approximate surface area is 211 Å². The number of carbonyl (C=O) groups is 2. The molecule has 0 aliphatic carbocycles. The number of nitrogens with two attached hydrogens (primary N) is 1. The van der Waals surface area contributed by atoms with E-state index in [1.165, 1.54) is 23.7 Å². The van der Waals surface area contributed by atoms with Crippen molar-refractivity contribution in [2.75, 3.05) is 18.0 Å². The van der Waals surface area contributed by atoms with Crippen molar-refractivity contribution in [1.29, 1.82) is 0 Å². The molecule has 3 aromatic rings. The zero-order chi connectivity index (χ0) is 25.7. The standard InChI is InChI=1S/C28H32N4O4/c1-18-27(34)26(28(29)35)31-25(30-18)16-22-11-13-32(14-12-22)24-9-7-21(8-10-24)15-20-3-5-23(6-4-20)17-36-19(2)33/h3-10,22,34H,11-17H2,1-2H3,(H2,29,35). The Balaban J connectivity index is 1.29. The van der Waals surface area contributed by atoms with Crippen LogP contribution in [0.15, 0.2) is 48.5 Å². The molecule has 3 N–H and O–H groups in total. The molecule has 1 aromatic heterocycles. The van der Waals surface area contributed by atoms with Crippen LogP contribution in [0.5, 0.6) is 5.75 Å². The lowest BCUT2D eigenvalue weighted by molar-refractivity contribution is -0.142. The zero-order valence-electron chi connectivity index (χ0n) is 20.7.